The Bertz CT molecular complexity index is 1120. The molecule has 0 heterocycles. The lowest BCUT2D eigenvalue weighted by molar-refractivity contribution is 0.0946. The number of carbonyl (C=O) groups excluding carboxylic acids is 2. The average molecular weight is 444 g/mol. The molecule has 0 bridgehead atoms. The number of amides is 1. The van der Waals surface area contributed by atoms with Crippen molar-refractivity contribution in [2.45, 2.75) is 19.9 Å². The normalized spacial score (nSPS) is 10.6. The SMILES string of the molecule is CCCOc1ccc(-c2cccc(C=O)c2F)cc1CNC(=O)c1ccc(Cl)cc1F. The molecule has 0 aliphatic heterocycles. The first-order chi connectivity index (χ1) is 14.9. The van der Waals surface area contributed by atoms with Crippen LogP contribution in [0.15, 0.2) is 54.6 Å². The van der Waals surface area contributed by atoms with Crippen LogP contribution in [0, 0.1) is 11.6 Å². The minimum absolute atomic E-state index is 0.0305. The van der Waals surface area contributed by atoms with Crippen molar-refractivity contribution >= 4 is 23.8 Å². The van der Waals surface area contributed by atoms with Gasteiger partial charge in [-0.05, 0) is 48.4 Å². The Morgan fingerprint density at radius 2 is 1.94 bits per heavy atom. The minimum Gasteiger partial charge on any atom is -0.493 e. The third-order valence-electron chi connectivity index (χ3n) is 4.60. The Kier molecular flexibility index (Phi) is 7.36. The van der Waals surface area contributed by atoms with Crippen LogP contribution in [0.4, 0.5) is 8.78 Å². The largest absolute Gasteiger partial charge is 0.493 e. The molecule has 0 fully saturated rings. The van der Waals surface area contributed by atoms with Crippen LogP contribution in [-0.4, -0.2) is 18.8 Å². The number of hydrogen-bond acceptors (Lipinski definition) is 3. The molecule has 3 aromatic carbocycles. The number of benzene rings is 3. The molecule has 1 N–H and O–H groups in total. The second kappa shape index (κ2) is 10.2. The summed E-state index contributed by atoms with van der Waals surface area (Å²) < 4.78 is 34.4. The van der Waals surface area contributed by atoms with E-state index in [4.69, 9.17) is 16.3 Å². The second-order valence-corrected chi connectivity index (χ2v) is 7.24. The van der Waals surface area contributed by atoms with E-state index in [9.17, 15) is 18.4 Å². The zero-order chi connectivity index (χ0) is 22.4. The monoisotopic (exact) mass is 443 g/mol. The molecule has 0 saturated heterocycles. The van der Waals surface area contributed by atoms with Crippen LogP contribution in [0.3, 0.4) is 0 Å². The molecule has 0 saturated carbocycles. The lowest BCUT2D eigenvalue weighted by Gasteiger charge is -2.15. The third kappa shape index (κ3) is 5.27. The van der Waals surface area contributed by atoms with E-state index in [0.717, 1.165) is 12.5 Å². The van der Waals surface area contributed by atoms with Crippen molar-refractivity contribution in [2.24, 2.45) is 0 Å². The van der Waals surface area contributed by atoms with Crippen molar-refractivity contribution in [3.05, 3.63) is 87.9 Å². The van der Waals surface area contributed by atoms with Gasteiger partial charge in [0.2, 0.25) is 0 Å². The van der Waals surface area contributed by atoms with Gasteiger partial charge in [0.15, 0.2) is 6.29 Å². The van der Waals surface area contributed by atoms with Gasteiger partial charge in [-0.2, -0.15) is 0 Å². The van der Waals surface area contributed by atoms with Gasteiger partial charge in [0.1, 0.15) is 17.4 Å². The molecule has 1 amide bonds. The Morgan fingerprint density at radius 3 is 2.65 bits per heavy atom. The summed E-state index contributed by atoms with van der Waals surface area (Å²) in [7, 11) is 0. The Hall–Kier alpha value is -3.25. The van der Waals surface area contributed by atoms with Crippen molar-refractivity contribution in [1.29, 1.82) is 0 Å². The molecular formula is C24H20ClF2NO3. The highest BCUT2D eigenvalue weighted by atomic mass is 35.5. The summed E-state index contributed by atoms with van der Waals surface area (Å²) >= 11 is 5.73. The maximum Gasteiger partial charge on any atom is 0.254 e. The predicted octanol–water partition coefficient (Wildman–Crippen LogP) is 5.82. The molecule has 0 spiro atoms. The first kappa shape index (κ1) is 22.4. The maximum absolute atomic E-state index is 14.6. The highest BCUT2D eigenvalue weighted by Crippen LogP contribution is 2.30. The minimum atomic E-state index is -0.728. The summed E-state index contributed by atoms with van der Waals surface area (Å²) in [6.07, 6.45) is 1.24. The quantitative estimate of drug-likeness (QED) is 0.446. The van der Waals surface area contributed by atoms with Crippen molar-refractivity contribution < 1.29 is 23.1 Å². The number of ether oxygens (including phenoxy) is 1. The Morgan fingerprint density at radius 1 is 1.13 bits per heavy atom. The van der Waals surface area contributed by atoms with E-state index >= 15 is 0 Å². The Balaban J connectivity index is 1.90. The van der Waals surface area contributed by atoms with Gasteiger partial charge in [-0.1, -0.05) is 36.7 Å². The van der Waals surface area contributed by atoms with Gasteiger partial charge in [0.05, 0.1) is 17.7 Å². The molecule has 0 aromatic heterocycles. The van der Waals surface area contributed by atoms with Crippen LogP contribution in [-0.2, 0) is 6.54 Å². The first-order valence-corrected chi connectivity index (χ1v) is 10.1. The number of rotatable bonds is 8. The number of nitrogens with one attached hydrogen (secondary N) is 1. The number of aldehydes is 1. The number of carbonyl (C=O) groups is 2. The fourth-order valence-electron chi connectivity index (χ4n) is 3.05. The van der Waals surface area contributed by atoms with Crippen molar-refractivity contribution in [3.63, 3.8) is 0 Å². The molecule has 3 rings (SSSR count). The number of hydrogen-bond donors (Lipinski definition) is 1. The molecular weight excluding hydrogens is 424 g/mol. The molecule has 0 aliphatic carbocycles. The summed E-state index contributed by atoms with van der Waals surface area (Å²) in [5, 5.41) is 2.85. The van der Waals surface area contributed by atoms with Crippen LogP contribution < -0.4 is 10.1 Å². The van der Waals surface area contributed by atoms with Crippen LogP contribution >= 0.6 is 11.6 Å². The zero-order valence-corrected chi connectivity index (χ0v) is 17.5. The van der Waals surface area contributed by atoms with Gasteiger partial charge in [-0.15, -0.1) is 0 Å². The summed E-state index contributed by atoms with van der Waals surface area (Å²) in [6, 6.07) is 13.4. The topological polar surface area (TPSA) is 55.4 Å². The van der Waals surface area contributed by atoms with E-state index < -0.39 is 17.5 Å². The average Bonchev–Trinajstić information content (AvgIpc) is 2.76. The molecule has 0 atom stereocenters. The fourth-order valence-corrected chi connectivity index (χ4v) is 3.20. The van der Waals surface area contributed by atoms with Crippen molar-refractivity contribution in [2.75, 3.05) is 6.61 Å². The van der Waals surface area contributed by atoms with Gasteiger partial charge in [0, 0.05) is 22.7 Å². The molecule has 0 aliphatic rings. The summed E-state index contributed by atoms with van der Waals surface area (Å²) in [6.45, 7) is 2.45. The lowest BCUT2D eigenvalue weighted by atomic mass is 9.99. The summed E-state index contributed by atoms with van der Waals surface area (Å²) in [4.78, 5) is 23.5. The molecule has 4 nitrogen and oxygen atoms in total. The van der Waals surface area contributed by atoms with E-state index in [-0.39, 0.29) is 28.3 Å². The van der Waals surface area contributed by atoms with Gasteiger partial charge in [0.25, 0.3) is 5.91 Å². The van der Waals surface area contributed by atoms with Crippen LogP contribution in [0.25, 0.3) is 11.1 Å². The third-order valence-corrected chi connectivity index (χ3v) is 4.84. The highest BCUT2D eigenvalue weighted by molar-refractivity contribution is 6.30. The van der Waals surface area contributed by atoms with Gasteiger partial charge in [-0.3, -0.25) is 9.59 Å². The lowest BCUT2D eigenvalue weighted by Crippen LogP contribution is -2.24. The van der Waals surface area contributed by atoms with Gasteiger partial charge >= 0.3 is 0 Å². The van der Waals surface area contributed by atoms with Crippen molar-refractivity contribution in [3.8, 4) is 16.9 Å². The number of halogens is 3. The highest BCUT2D eigenvalue weighted by Gasteiger charge is 2.15. The van der Waals surface area contributed by atoms with Gasteiger partial charge < -0.3 is 10.1 Å². The Labute approximate surface area is 183 Å². The van der Waals surface area contributed by atoms with Gasteiger partial charge in [-0.25, -0.2) is 8.78 Å². The maximum atomic E-state index is 14.6. The van der Waals surface area contributed by atoms with Crippen LogP contribution in [0.2, 0.25) is 5.02 Å². The summed E-state index contributed by atoms with van der Waals surface area (Å²) in [5.74, 6) is -1.45. The molecule has 3 aromatic rings. The van der Waals surface area contributed by atoms with Crippen molar-refractivity contribution in [1.82, 2.24) is 5.32 Å². The van der Waals surface area contributed by atoms with Crippen LogP contribution in [0.1, 0.15) is 39.6 Å². The standard InChI is InChI=1S/C24H20ClF2NO3/c1-2-10-31-22-9-6-15(19-5-3-4-16(14-29)23(19)27)11-17(22)13-28-24(30)20-8-7-18(25)12-21(20)26/h3-9,11-12,14H,2,10,13H2,1H3,(H,28,30). The fraction of sp³-hybridized carbons (Fsp3) is 0.167. The molecule has 31 heavy (non-hydrogen) atoms. The van der Waals surface area contributed by atoms with Crippen LogP contribution in [0.5, 0.6) is 5.75 Å². The first-order valence-electron chi connectivity index (χ1n) is 9.67. The van der Waals surface area contributed by atoms with E-state index in [1.54, 1.807) is 30.3 Å². The predicted molar refractivity (Wildman–Crippen MR) is 116 cm³/mol. The van der Waals surface area contributed by atoms with E-state index in [0.29, 0.717) is 29.8 Å². The zero-order valence-electron chi connectivity index (χ0n) is 16.8. The smallest absolute Gasteiger partial charge is 0.254 e. The molecule has 7 heteroatoms. The van der Waals surface area contributed by atoms with E-state index in [1.807, 2.05) is 6.92 Å². The second-order valence-electron chi connectivity index (χ2n) is 6.80. The molecule has 0 unspecified atom stereocenters. The van der Waals surface area contributed by atoms with E-state index in [2.05, 4.69) is 5.32 Å². The van der Waals surface area contributed by atoms with E-state index in [1.165, 1.54) is 18.2 Å². The summed E-state index contributed by atoms with van der Waals surface area (Å²) in [5.41, 5.74) is 1.18. The molecule has 0 radical (unpaired) electrons. The molecule has 160 valence electrons.